The van der Waals surface area contributed by atoms with Gasteiger partial charge >= 0.3 is 0 Å². The number of nitrogens with one attached hydrogen (secondary N) is 1. The molecular formula is C23H22ClN3O5S2. The number of aryl methyl sites for hydroxylation is 1. The summed E-state index contributed by atoms with van der Waals surface area (Å²) >= 11 is 8.70. The molecule has 0 spiro atoms. The van der Waals surface area contributed by atoms with E-state index in [0.717, 1.165) is 15.3 Å². The summed E-state index contributed by atoms with van der Waals surface area (Å²) in [5.41, 5.74) is 2.27. The number of aromatic nitrogens is 2. The van der Waals surface area contributed by atoms with Crippen LogP contribution in [0.25, 0.3) is 10.2 Å². The van der Waals surface area contributed by atoms with E-state index in [1.165, 1.54) is 22.7 Å². The Morgan fingerprint density at radius 3 is 2.82 bits per heavy atom. The van der Waals surface area contributed by atoms with Crippen LogP contribution in [0.15, 0.2) is 52.2 Å². The highest BCUT2D eigenvalue weighted by Crippen LogP contribution is 2.24. The predicted octanol–water partition coefficient (Wildman–Crippen LogP) is 3.60. The molecule has 0 bridgehead atoms. The van der Waals surface area contributed by atoms with Crippen LogP contribution in [0.1, 0.15) is 20.8 Å². The van der Waals surface area contributed by atoms with Crippen molar-refractivity contribution in [2.24, 2.45) is 7.05 Å². The van der Waals surface area contributed by atoms with Crippen molar-refractivity contribution in [3.05, 3.63) is 78.7 Å². The molecule has 0 fully saturated rings. The van der Waals surface area contributed by atoms with Crippen LogP contribution in [0.3, 0.4) is 0 Å². The van der Waals surface area contributed by atoms with Gasteiger partial charge in [-0.1, -0.05) is 23.7 Å². The number of nitrogens with zero attached hydrogens (tertiary/aromatic N) is 2. The number of carbonyl (C=O) groups is 1. The number of benzene rings is 1. The van der Waals surface area contributed by atoms with Gasteiger partial charge in [-0.25, -0.2) is 4.98 Å². The number of carbonyl (C=O) groups excluding carboxylic acids is 1. The zero-order valence-electron chi connectivity index (χ0n) is 18.2. The predicted molar refractivity (Wildman–Crippen MR) is 133 cm³/mol. The summed E-state index contributed by atoms with van der Waals surface area (Å²) in [6.45, 7) is 0.663. The summed E-state index contributed by atoms with van der Waals surface area (Å²) in [6.07, 6.45) is 0.737. The lowest BCUT2D eigenvalue weighted by atomic mass is 10.2. The number of pyridine rings is 1. The maximum Gasteiger partial charge on any atom is 0.257 e. The number of hydrogen-bond acceptors (Lipinski definition) is 8. The fourth-order valence-electron chi connectivity index (χ4n) is 3.22. The van der Waals surface area contributed by atoms with Crippen molar-refractivity contribution in [3.8, 4) is 5.88 Å². The van der Waals surface area contributed by atoms with E-state index in [9.17, 15) is 14.7 Å². The largest absolute Gasteiger partial charge is 0.474 e. The second-order valence-electron chi connectivity index (χ2n) is 7.53. The lowest BCUT2D eigenvalue weighted by Gasteiger charge is -2.10. The van der Waals surface area contributed by atoms with Crippen LogP contribution < -0.4 is 15.5 Å². The van der Waals surface area contributed by atoms with Gasteiger partial charge in [0.05, 0.1) is 29.5 Å². The summed E-state index contributed by atoms with van der Waals surface area (Å²) in [7, 11) is 1.79. The maximum absolute atomic E-state index is 13.0. The average Bonchev–Trinajstić information content (AvgIpc) is 3.50. The van der Waals surface area contributed by atoms with Crippen LogP contribution in [-0.2, 0) is 24.9 Å². The normalized spacial score (nSPS) is 12.1. The first kappa shape index (κ1) is 24.4. The minimum Gasteiger partial charge on any atom is -0.474 e. The van der Waals surface area contributed by atoms with E-state index < -0.39 is 12.0 Å². The maximum atomic E-state index is 13.0. The second-order valence-corrected chi connectivity index (χ2v) is 9.80. The molecule has 0 unspecified atom stereocenters. The minimum atomic E-state index is -0.807. The molecule has 1 amide bonds. The van der Waals surface area contributed by atoms with Crippen LogP contribution in [0.5, 0.6) is 5.88 Å². The molecule has 1 aromatic carbocycles. The van der Waals surface area contributed by atoms with Crippen molar-refractivity contribution in [1.82, 2.24) is 14.9 Å². The first-order valence-electron chi connectivity index (χ1n) is 10.3. The molecule has 34 heavy (non-hydrogen) atoms. The topological polar surface area (TPSA) is 103 Å². The standard InChI is InChI=1S/C23H22ClN3O5S2/c1-27-8-19(22(30)25-7-14-2-4-15(24)5-3-14)21(29)18-6-17(34-23(18)27)11-31-9-16(28)10-32-20-12-33-13-26-20/h2-6,8,12-13,16,28H,7,9-11H2,1H3,(H,25,30)/t16-/m1/s1. The Bertz CT molecular complexity index is 1320. The van der Waals surface area contributed by atoms with E-state index in [1.54, 1.807) is 46.9 Å². The highest BCUT2D eigenvalue weighted by molar-refractivity contribution is 7.18. The Morgan fingerprint density at radius 2 is 2.09 bits per heavy atom. The third-order valence-electron chi connectivity index (χ3n) is 4.89. The van der Waals surface area contributed by atoms with Crippen molar-refractivity contribution in [3.63, 3.8) is 0 Å². The molecule has 0 aliphatic carbocycles. The van der Waals surface area contributed by atoms with Gasteiger partial charge in [0.2, 0.25) is 11.3 Å². The van der Waals surface area contributed by atoms with E-state index >= 15 is 0 Å². The van der Waals surface area contributed by atoms with E-state index in [2.05, 4.69) is 10.3 Å². The Balaban J connectivity index is 1.37. The van der Waals surface area contributed by atoms with Crippen LogP contribution in [0, 0.1) is 0 Å². The van der Waals surface area contributed by atoms with Crippen LogP contribution >= 0.6 is 34.3 Å². The van der Waals surface area contributed by atoms with Crippen LogP contribution in [-0.4, -0.2) is 39.9 Å². The smallest absolute Gasteiger partial charge is 0.257 e. The summed E-state index contributed by atoms with van der Waals surface area (Å²) in [5.74, 6) is 0.0294. The van der Waals surface area contributed by atoms with Crippen LogP contribution in [0.2, 0.25) is 5.02 Å². The first-order chi connectivity index (χ1) is 16.4. The minimum absolute atomic E-state index is 0.0730. The van der Waals surface area contributed by atoms with Gasteiger partial charge in [0, 0.05) is 29.7 Å². The summed E-state index contributed by atoms with van der Waals surface area (Å²) < 4.78 is 12.7. The Labute approximate surface area is 208 Å². The number of aliphatic hydroxyl groups is 1. The van der Waals surface area contributed by atoms with Crippen molar-refractivity contribution in [1.29, 1.82) is 0 Å². The average molecular weight is 520 g/mol. The molecule has 0 aliphatic heterocycles. The molecule has 3 aromatic heterocycles. The molecule has 4 aromatic rings. The molecule has 4 rings (SSSR count). The van der Waals surface area contributed by atoms with Gasteiger partial charge in [-0.2, -0.15) is 0 Å². The zero-order chi connectivity index (χ0) is 24.1. The molecule has 0 saturated heterocycles. The molecule has 2 N–H and O–H groups in total. The van der Waals surface area contributed by atoms with E-state index in [-0.39, 0.29) is 37.4 Å². The quantitative estimate of drug-likeness (QED) is 0.332. The van der Waals surface area contributed by atoms with E-state index in [0.29, 0.717) is 16.3 Å². The Kier molecular flexibility index (Phi) is 7.96. The molecule has 1 atom stereocenters. The van der Waals surface area contributed by atoms with Crippen molar-refractivity contribution < 1.29 is 19.4 Å². The fraction of sp³-hybridized carbons (Fsp3) is 0.261. The van der Waals surface area contributed by atoms with Crippen molar-refractivity contribution in [2.75, 3.05) is 13.2 Å². The molecule has 178 valence electrons. The monoisotopic (exact) mass is 519 g/mol. The van der Waals surface area contributed by atoms with Gasteiger partial charge in [-0.05, 0) is 23.8 Å². The third-order valence-corrected chi connectivity index (χ3v) is 6.91. The lowest BCUT2D eigenvalue weighted by molar-refractivity contribution is 0.00556. The number of halogens is 1. The molecule has 8 nitrogen and oxygen atoms in total. The number of hydrogen-bond donors (Lipinski definition) is 2. The SMILES string of the molecule is Cn1cc(C(=O)NCc2ccc(Cl)cc2)c(=O)c2cc(COC[C@@H](O)COc3cscn3)sc21. The summed E-state index contributed by atoms with van der Waals surface area (Å²) in [6, 6.07) is 8.86. The van der Waals surface area contributed by atoms with Gasteiger partial charge in [-0.3, -0.25) is 9.59 Å². The number of thiazole rings is 1. The molecule has 11 heteroatoms. The second kappa shape index (κ2) is 11.1. The van der Waals surface area contributed by atoms with Crippen molar-refractivity contribution >= 4 is 50.4 Å². The number of aliphatic hydroxyl groups excluding tert-OH is 1. The molecule has 3 heterocycles. The molecule has 0 aliphatic rings. The van der Waals surface area contributed by atoms with Gasteiger partial charge in [0.1, 0.15) is 23.1 Å². The number of fused-ring (bicyclic) bond motifs is 1. The zero-order valence-corrected chi connectivity index (χ0v) is 20.6. The third kappa shape index (κ3) is 6.02. The number of thiophene rings is 1. The number of ether oxygens (including phenoxy) is 2. The molecule has 0 saturated carbocycles. The van der Waals surface area contributed by atoms with E-state index in [1.807, 2.05) is 12.1 Å². The molecule has 0 radical (unpaired) electrons. The number of rotatable bonds is 10. The Hall–Kier alpha value is -2.76. The van der Waals surface area contributed by atoms with Crippen molar-refractivity contribution in [2.45, 2.75) is 19.3 Å². The summed E-state index contributed by atoms with van der Waals surface area (Å²) in [4.78, 5) is 31.2. The number of amides is 1. The first-order valence-corrected chi connectivity index (χ1v) is 12.5. The van der Waals surface area contributed by atoms with Gasteiger partial charge in [-0.15, -0.1) is 22.7 Å². The van der Waals surface area contributed by atoms with Gasteiger partial charge < -0.3 is 24.5 Å². The highest BCUT2D eigenvalue weighted by atomic mass is 35.5. The fourth-order valence-corrected chi connectivity index (χ4v) is 4.85. The van der Waals surface area contributed by atoms with E-state index in [4.69, 9.17) is 21.1 Å². The van der Waals surface area contributed by atoms with Crippen LogP contribution in [0.4, 0.5) is 0 Å². The lowest BCUT2D eigenvalue weighted by Crippen LogP contribution is -2.29. The van der Waals surface area contributed by atoms with Gasteiger partial charge in [0.15, 0.2) is 0 Å². The van der Waals surface area contributed by atoms with Gasteiger partial charge in [0.25, 0.3) is 5.91 Å². The highest BCUT2D eigenvalue weighted by Gasteiger charge is 2.17. The molecular weight excluding hydrogens is 498 g/mol. The summed E-state index contributed by atoms with van der Waals surface area (Å²) in [5, 5.41) is 15.6. The Morgan fingerprint density at radius 1 is 1.29 bits per heavy atom.